The average Bonchev–Trinajstić information content (AvgIpc) is 2.54. The van der Waals surface area contributed by atoms with Crippen LogP contribution in [0.25, 0.3) is 5.69 Å². The molecule has 0 saturated carbocycles. The fraction of sp³-hybridized carbons (Fsp3) is 0. The van der Waals surface area contributed by atoms with Crippen LogP contribution in [0.4, 0.5) is 8.78 Å². The lowest BCUT2D eigenvalue weighted by Crippen LogP contribution is -1.96. The average molecular weight is 258 g/mol. The first-order chi connectivity index (χ1) is 6.68. The summed E-state index contributed by atoms with van der Waals surface area (Å²) >= 11 is 3.12. The third kappa shape index (κ3) is 1.57. The van der Waals surface area contributed by atoms with E-state index < -0.39 is 11.6 Å². The minimum absolute atomic E-state index is 0.316. The first kappa shape index (κ1) is 9.40. The van der Waals surface area contributed by atoms with Gasteiger partial charge < -0.3 is 4.57 Å². The Morgan fingerprint density at radius 1 is 1.07 bits per heavy atom. The van der Waals surface area contributed by atoms with Gasteiger partial charge in [0.15, 0.2) is 5.82 Å². The Kier molecular flexibility index (Phi) is 2.37. The third-order valence-electron chi connectivity index (χ3n) is 1.84. The molecule has 0 amide bonds. The molecule has 0 aliphatic carbocycles. The first-order valence-electron chi connectivity index (χ1n) is 3.96. The molecule has 0 radical (unpaired) electrons. The van der Waals surface area contributed by atoms with Crippen LogP contribution in [0, 0.1) is 11.6 Å². The molecule has 0 aliphatic heterocycles. The molecule has 1 nitrogen and oxygen atoms in total. The molecule has 1 aromatic carbocycles. The summed E-state index contributed by atoms with van der Waals surface area (Å²) in [6, 6.07) is 5.64. The third-order valence-corrected chi connectivity index (χ3v) is 2.45. The van der Waals surface area contributed by atoms with Gasteiger partial charge in [0.25, 0.3) is 0 Å². The van der Waals surface area contributed by atoms with Crippen molar-refractivity contribution in [3.8, 4) is 5.69 Å². The van der Waals surface area contributed by atoms with Gasteiger partial charge in [0.2, 0.25) is 0 Å². The quantitative estimate of drug-likeness (QED) is 0.737. The van der Waals surface area contributed by atoms with Gasteiger partial charge in [0.1, 0.15) is 5.82 Å². The van der Waals surface area contributed by atoms with Crippen molar-refractivity contribution in [3.63, 3.8) is 0 Å². The van der Waals surface area contributed by atoms with Gasteiger partial charge in [-0.25, -0.2) is 8.78 Å². The van der Waals surface area contributed by atoms with Gasteiger partial charge in [-0.15, -0.1) is 0 Å². The Hall–Kier alpha value is -1.16. The van der Waals surface area contributed by atoms with E-state index in [0.717, 1.165) is 6.07 Å². The van der Waals surface area contributed by atoms with E-state index in [2.05, 4.69) is 15.9 Å². The number of halogens is 3. The van der Waals surface area contributed by atoms with Gasteiger partial charge >= 0.3 is 0 Å². The number of rotatable bonds is 1. The van der Waals surface area contributed by atoms with Crippen LogP contribution in [0.1, 0.15) is 0 Å². The first-order valence-corrected chi connectivity index (χ1v) is 4.75. The van der Waals surface area contributed by atoms with E-state index in [1.165, 1.54) is 6.07 Å². The molecule has 72 valence electrons. The Labute approximate surface area is 88.1 Å². The summed E-state index contributed by atoms with van der Waals surface area (Å²) in [5, 5.41) is 0. The van der Waals surface area contributed by atoms with E-state index in [9.17, 15) is 8.78 Å². The molecule has 1 heterocycles. The maximum atomic E-state index is 13.4. The van der Waals surface area contributed by atoms with Gasteiger partial charge in [-0.05, 0) is 34.1 Å². The second-order valence-corrected chi connectivity index (χ2v) is 3.66. The lowest BCUT2D eigenvalue weighted by molar-refractivity contribution is 0.576. The standard InChI is InChI=1S/C10H6BrF2N/c11-8-5-7(12)6-9(13)10(8)14-3-1-2-4-14/h1-6H. The highest BCUT2D eigenvalue weighted by atomic mass is 79.9. The Bertz CT molecular complexity index is 428. The van der Waals surface area contributed by atoms with E-state index in [0.29, 0.717) is 10.2 Å². The van der Waals surface area contributed by atoms with Gasteiger partial charge in [-0.2, -0.15) is 0 Å². The molecule has 0 saturated heterocycles. The summed E-state index contributed by atoms with van der Waals surface area (Å²) in [5.41, 5.74) is 0.316. The molecule has 2 rings (SSSR count). The molecular formula is C10H6BrF2N. The number of hydrogen-bond donors (Lipinski definition) is 0. The topological polar surface area (TPSA) is 4.93 Å². The van der Waals surface area contributed by atoms with Crippen molar-refractivity contribution in [1.82, 2.24) is 4.57 Å². The van der Waals surface area contributed by atoms with Gasteiger partial charge in [-0.3, -0.25) is 0 Å². The smallest absolute Gasteiger partial charge is 0.151 e. The largest absolute Gasteiger partial charge is 0.320 e. The Morgan fingerprint density at radius 3 is 2.29 bits per heavy atom. The zero-order valence-electron chi connectivity index (χ0n) is 7.05. The maximum Gasteiger partial charge on any atom is 0.151 e. The maximum absolute atomic E-state index is 13.4. The van der Waals surface area contributed by atoms with Crippen molar-refractivity contribution in [3.05, 3.63) is 52.8 Å². The Balaban J connectivity index is 2.64. The highest BCUT2D eigenvalue weighted by molar-refractivity contribution is 9.10. The molecule has 1 aromatic heterocycles. The highest BCUT2D eigenvalue weighted by Crippen LogP contribution is 2.25. The minimum atomic E-state index is -0.592. The van der Waals surface area contributed by atoms with Gasteiger partial charge in [0, 0.05) is 22.9 Å². The fourth-order valence-electron chi connectivity index (χ4n) is 1.26. The summed E-state index contributed by atoms with van der Waals surface area (Å²) in [4.78, 5) is 0. The predicted molar refractivity (Wildman–Crippen MR) is 53.4 cm³/mol. The van der Waals surface area contributed by atoms with Gasteiger partial charge in [0.05, 0.1) is 5.69 Å². The molecule has 0 fully saturated rings. The van der Waals surface area contributed by atoms with Crippen LogP contribution < -0.4 is 0 Å². The lowest BCUT2D eigenvalue weighted by atomic mass is 10.3. The van der Waals surface area contributed by atoms with E-state index in [4.69, 9.17) is 0 Å². The minimum Gasteiger partial charge on any atom is -0.320 e. The van der Waals surface area contributed by atoms with E-state index in [1.807, 2.05) is 0 Å². The molecule has 2 aromatic rings. The second-order valence-electron chi connectivity index (χ2n) is 2.81. The monoisotopic (exact) mass is 257 g/mol. The number of benzene rings is 1. The van der Waals surface area contributed by atoms with Crippen molar-refractivity contribution in [1.29, 1.82) is 0 Å². The molecule has 4 heteroatoms. The molecule has 0 atom stereocenters. The van der Waals surface area contributed by atoms with Crippen LogP contribution in [0.5, 0.6) is 0 Å². The normalized spacial score (nSPS) is 10.5. The van der Waals surface area contributed by atoms with Crippen LogP contribution >= 0.6 is 15.9 Å². The number of hydrogen-bond acceptors (Lipinski definition) is 0. The number of aromatic nitrogens is 1. The zero-order valence-corrected chi connectivity index (χ0v) is 8.63. The molecule has 0 unspecified atom stereocenters. The number of nitrogens with zero attached hydrogens (tertiary/aromatic N) is 1. The fourth-order valence-corrected chi connectivity index (χ4v) is 1.88. The van der Waals surface area contributed by atoms with E-state index in [1.54, 1.807) is 29.1 Å². The highest BCUT2D eigenvalue weighted by Gasteiger charge is 2.10. The van der Waals surface area contributed by atoms with Crippen molar-refractivity contribution in [2.75, 3.05) is 0 Å². The molecule has 0 spiro atoms. The lowest BCUT2D eigenvalue weighted by Gasteiger charge is -2.07. The van der Waals surface area contributed by atoms with Crippen LogP contribution in [0.2, 0.25) is 0 Å². The van der Waals surface area contributed by atoms with Crippen molar-refractivity contribution in [2.45, 2.75) is 0 Å². The molecule has 0 N–H and O–H groups in total. The van der Waals surface area contributed by atoms with Gasteiger partial charge in [-0.1, -0.05) is 0 Å². The molecule has 0 bridgehead atoms. The molecular weight excluding hydrogens is 252 g/mol. The van der Waals surface area contributed by atoms with Crippen molar-refractivity contribution >= 4 is 15.9 Å². The SMILES string of the molecule is Fc1cc(F)c(-n2cccc2)c(Br)c1. The van der Waals surface area contributed by atoms with Crippen LogP contribution in [0.15, 0.2) is 41.1 Å². The summed E-state index contributed by atoms with van der Waals surface area (Å²) in [7, 11) is 0. The zero-order chi connectivity index (χ0) is 10.1. The predicted octanol–water partition coefficient (Wildman–Crippen LogP) is 3.52. The second kappa shape index (κ2) is 3.53. The summed E-state index contributed by atoms with van der Waals surface area (Å²) in [5.74, 6) is -1.18. The van der Waals surface area contributed by atoms with Crippen LogP contribution in [-0.4, -0.2) is 4.57 Å². The Morgan fingerprint density at radius 2 is 1.71 bits per heavy atom. The van der Waals surface area contributed by atoms with E-state index in [-0.39, 0.29) is 0 Å². The van der Waals surface area contributed by atoms with E-state index >= 15 is 0 Å². The summed E-state index contributed by atoms with van der Waals surface area (Å²) < 4.78 is 28.1. The van der Waals surface area contributed by atoms with Crippen LogP contribution in [0.3, 0.4) is 0 Å². The van der Waals surface area contributed by atoms with Crippen molar-refractivity contribution < 1.29 is 8.78 Å². The van der Waals surface area contributed by atoms with Crippen molar-refractivity contribution in [2.24, 2.45) is 0 Å². The summed E-state index contributed by atoms with van der Waals surface area (Å²) in [6.07, 6.45) is 3.39. The molecule has 0 aliphatic rings. The molecule has 14 heavy (non-hydrogen) atoms. The summed E-state index contributed by atoms with van der Waals surface area (Å²) in [6.45, 7) is 0. The van der Waals surface area contributed by atoms with Crippen LogP contribution in [-0.2, 0) is 0 Å².